The van der Waals surface area contributed by atoms with Crippen LogP contribution in [-0.2, 0) is 21.1 Å². The van der Waals surface area contributed by atoms with Crippen molar-refractivity contribution in [2.75, 3.05) is 53.5 Å². The lowest BCUT2D eigenvalue weighted by molar-refractivity contribution is -0.0381. The van der Waals surface area contributed by atoms with Gasteiger partial charge >= 0.3 is 0 Å². The van der Waals surface area contributed by atoms with Gasteiger partial charge in [-0.25, -0.2) is 22.8 Å². The Labute approximate surface area is 232 Å². The average Bonchev–Trinajstić information content (AvgIpc) is 2.88. The number of sulfone groups is 1. The Morgan fingerprint density at radius 3 is 2.67 bits per heavy atom. The number of piperidine rings is 1. The summed E-state index contributed by atoms with van der Waals surface area (Å²) in [6.45, 7) is 9.58. The summed E-state index contributed by atoms with van der Waals surface area (Å²) in [5.74, 6) is 1.22. The van der Waals surface area contributed by atoms with Crippen molar-refractivity contribution in [2.45, 2.75) is 64.4 Å². The van der Waals surface area contributed by atoms with E-state index in [0.717, 1.165) is 22.4 Å². The first kappa shape index (κ1) is 26.4. The Balaban J connectivity index is 1.46. The number of benzene rings is 1. The smallest absolute Gasteiger partial charge is 0.234 e. The molecule has 5 rings (SSSR count). The third kappa shape index (κ3) is 5.48. The number of rotatable bonds is 7. The Hall–Kier alpha value is -2.79. The van der Waals surface area contributed by atoms with Gasteiger partial charge in [-0.1, -0.05) is 19.9 Å². The Bertz CT molecular complexity index is 1420. The van der Waals surface area contributed by atoms with Gasteiger partial charge in [0.1, 0.15) is 16.2 Å². The molecule has 39 heavy (non-hydrogen) atoms. The van der Waals surface area contributed by atoms with Crippen molar-refractivity contribution in [2.24, 2.45) is 5.92 Å². The van der Waals surface area contributed by atoms with Gasteiger partial charge in [0.25, 0.3) is 0 Å². The van der Waals surface area contributed by atoms with Crippen molar-refractivity contribution in [1.82, 2.24) is 15.0 Å². The molecule has 0 spiro atoms. The quantitative estimate of drug-likeness (QED) is 0.502. The molecule has 0 unspecified atom stereocenters. The Morgan fingerprint density at radius 2 is 2.03 bits per heavy atom. The SMILES string of the molecule is [2H]C1=Cc2c(C(C)C)ccc(N3C[C@H](CS(C)(=O)=O)[C@H]3C)c2CN1c1ncnc(N2CC[C@@H](OC)[C@@](C)(F)C2)n1. The lowest BCUT2D eigenvalue weighted by atomic mass is 9.86. The molecule has 0 aliphatic carbocycles. The van der Waals surface area contributed by atoms with Crippen LogP contribution in [0.2, 0.25) is 0 Å². The third-order valence-electron chi connectivity index (χ3n) is 8.29. The van der Waals surface area contributed by atoms with Gasteiger partial charge in [0.15, 0.2) is 5.67 Å². The highest BCUT2D eigenvalue weighted by Gasteiger charge is 2.42. The van der Waals surface area contributed by atoms with Crippen molar-refractivity contribution in [3.8, 4) is 0 Å². The number of ether oxygens (including phenoxy) is 1. The number of fused-ring (bicyclic) bond motifs is 1. The summed E-state index contributed by atoms with van der Waals surface area (Å²) in [5.41, 5.74) is 2.73. The molecule has 4 atom stereocenters. The largest absolute Gasteiger partial charge is 0.378 e. The van der Waals surface area contributed by atoms with Crippen LogP contribution in [0.4, 0.5) is 22.0 Å². The zero-order valence-electron chi connectivity index (χ0n) is 24.6. The minimum absolute atomic E-state index is 0.0759. The predicted molar refractivity (Wildman–Crippen MR) is 153 cm³/mol. The van der Waals surface area contributed by atoms with Crippen LogP contribution in [0.5, 0.6) is 0 Å². The summed E-state index contributed by atoms with van der Waals surface area (Å²) in [5, 5.41) is 0. The summed E-state index contributed by atoms with van der Waals surface area (Å²) in [6.07, 6.45) is 4.86. The second-order valence-electron chi connectivity index (χ2n) is 11.6. The van der Waals surface area contributed by atoms with Gasteiger partial charge in [-0.15, -0.1) is 0 Å². The van der Waals surface area contributed by atoms with Gasteiger partial charge in [0.05, 0.1) is 26.3 Å². The lowest BCUT2D eigenvalue weighted by Crippen LogP contribution is -2.57. The number of methoxy groups -OCH3 is 1. The van der Waals surface area contributed by atoms with E-state index in [4.69, 9.17) is 6.11 Å². The van der Waals surface area contributed by atoms with Crippen LogP contribution in [-0.4, -0.2) is 79.9 Å². The van der Waals surface area contributed by atoms with Gasteiger partial charge in [-0.2, -0.15) is 4.98 Å². The van der Waals surface area contributed by atoms with E-state index in [1.807, 2.05) is 6.08 Å². The van der Waals surface area contributed by atoms with Gasteiger partial charge in [-0.3, -0.25) is 0 Å². The molecule has 0 N–H and O–H groups in total. The highest BCUT2D eigenvalue weighted by molar-refractivity contribution is 7.90. The Kier molecular flexibility index (Phi) is 6.99. The highest BCUT2D eigenvalue weighted by Crippen LogP contribution is 2.41. The summed E-state index contributed by atoms with van der Waals surface area (Å²) in [7, 11) is -1.53. The molecule has 0 radical (unpaired) electrons. The van der Waals surface area contributed by atoms with Gasteiger partial charge in [0.2, 0.25) is 11.9 Å². The van der Waals surface area contributed by atoms with Gasteiger partial charge in [-0.05, 0) is 49.5 Å². The monoisotopic (exact) mass is 559 g/mol. The lowest BCUT2D eigenvalue weighted by Gasteiger charge is -2.49. The molecule has 4 heterocycles. The molecule has 0 saturated carbocycles. The van der Waals surface area contributed by atoms with Crippen LogP contribution in [0.3, 0.4) is 0 Å². The highest BCUT2D eigenvalue weighted by atomic mass is 32.2. The maximum Gasteiger partial charge on any atom is 0.234 e. The van der Waals surface area contributed by atoms with Crippen LogP contribution < -0.4 is 14.7 Å². The number of nitrogens with zero attached hydrogens (tertiary/aromatic N) is 6. The standard InChI is InChI=1S/C28H39FN6O3S/c1-18(2)21-7-8-24(35-13-20(19(35)3)15-39(6,36)37)23-14-33(11-9-22(21)23)26-30-17-31-27(32-26)34-12-10-25(38-5)28(4,29)16-34/h7-9,11,17-20,25H,10,12-16H2,1-6H3/t19-,20-,25-,28+/m1/s1/i11D. The molecule has 3 aliphatic heterocycles. The fourth-order valence-electron chi connectivity index (χ4n) is 6.07. The zero-order valence-corrected chi connectivity index (χ0v) is 24.4. The van der Waals surface area contributed by atoms with E-state index in [9.17, 15) is 8.42 Å². The van der Waals surface area contributed by atoms with E-state index >= 15 is 4.39 Å². The maximum atomic E-state index is 15.2. The molecular weight excluding hydrogens is 519 g/mol. The van der Waals surface area contributed by atoms with Gasteiger partial charge in [0, 0.05) is 55.8 Å². The molecule has 1 aromatic heterocycles. The van der Waals surface area contributed by atoms with Crippen molar-refractivity contribution < 1.29 is 18.9 Å². The minimum atomic E-state index is -3.06. The van der Waals surface area contributed by atoms with Crippen molar-refractivity contribution >= 4 is 33.5 Å². The van der Waals surface area contributed by atoms with Crippen molar-refractivity contribution in [3.05, 3.63) is 41.3 Å². The molecule has 0 amide bonds. The normalized spacial score (nSPS) is 27.7. The molecule has 2 aromatic rings. The molecule has 2 fully saturated rings. The third-order valence-corrected chi connectivity index (χ3v) is 9.32. The molecule has 0 bridgehead atoms. The summed E-state index contributed by atoms with van der Waals surface area (Å²) in [6, 6.07) is 4.31. The molecule has 2 saturated heterocycles. The van der Waals surface area contributed by atoms with Crippen molar-refractivity contribution in [3.63, 3.8) is 0 Å². The van der Waals surface area contributed by atoms with Gasteiger partial charge < -0.3 is 19.4 Å². The number of alkyl halides is 1. The van der Waals surface area contributed by atoms with E-state index in [-0.39, 0.29) is 36.4 Å². The molecule has 3 aliphatic rings. The first-order valence-electron chi connectivity index (χ1n) is 14.0. The summed E-state index contributed by atoms with van der Waals surface area (Å²) < 4.78 is 53.3. The predicted octanol–water partition coefficient (Wildman–Crippen LogP) is 3.81. The van der Waals surface area contributed by atoms with Crippen LogP contribution >= 0.6 is 0 Å². The van der Waals surface area contributed by atoms with Crippen LogP contribution in [0, 0.1) is 5.92 Å². The number of hydrogen-bond acceptors (Lipinski definition) is 9. The van der Waals surface area contributed by atoms with Crippen LogP contribution in [0.15, 0.2) is 24.6 Å². The topological polar surface area (TPSA) is 91.8 Å². The molecule has 9 nitrogen and oxygen atoms in total. The fraction of sp³-hybridized carbons (Fsp3) is 0.607. The second kappa shape index (κ2) is 10.3. The molecule has 212 valence electrons. The minimum Gasteiger partial charge on any atom is -0.378 e. The molecular formula is C28H39FN6O3S. The zero-order chi connectivity index (χ0) is 29.0. The summed E-state index contributed by atoms with van der Waals surface area (Å²) >= 11 is 0. The van der Waals surface area contributed by atoms with Crippen LogP contribution in [0.25, 0.3) is 6.08 Å². The number of anilines is 3. The van der Waals surface area contributed by atoms with E-state index in [2.05, 4.69) is 52.8 Å². The summed E-state index contributed by atoms with van der Waals surface area (Å²) in [4.78, 5) is 19.2. The van der Waals surface area contributed by atoms with Crippen molar-refractivity contribution in [1.29, 1.82) is 0 Å². The molecule has 1 aromatic carbocycles. The maximum absolute atomic E-state index is 15.2. The van der Waals surface area contributed by atoms with E-state index in [1.54, 1.807) is 9.80 Å². The second-order valence-corrected chi connectivity index (χ2v) is 13.8. The Morgan fingerprint density at radius 1 is 1.28 bits per heavy atom. The first-order valence-corrected chi connectivity index (χ1v) is 15.6. The number of halogens is 1. The average molecular weight is 560 g/mol. The number of hydrogen-bond donors (Lipinski definition) is 0. The van der Waals surface area contributed by atoms with E-state index < -0.39 is 21.6 Å². The molecule has 11 heteroatoms. The van der Waals surface area contributed by atoms with E-state index in [1.165, 1.54) is 26.6 Å². The first-order chi connectivity index (χ1) is 18.8. The van der Waals surface area contributed by atoms with Crippen LogP contribution in [0.1, 0.15) is 58.1 Å². The fourth-order valence-corrected chi connectivity index (χ4v) is 7.23. The number of aromatic nitrogens is 3. The van der Waals surface area contributed by atoms with E-state index in [0.29, 0.717) is 38.0 Å².